The van der Waals surface area contributed by atoms with Crippen molar-refractivity contribution in [1.29, 1.82) is 0 Å². The van der Waals surface area contributed by atoms with E-state index in [0.29, 0.717) is 24.6 Å². The number of aromatic nitrogens is 2. The van der Waals surface area contributed by atoms with Gasteiger partial charge in [0.15, 0.2) is 0 Å². The second kappa shape index (κ2) is 8.11. The van der Waals surface area contributed by atoms with Gasteiger partial charge in [0.05, 0.1) is 0 Å². The van der Waals surface area contributed by atoms with Crippen LogP contribution in [-0.4, -0.2) is 34.7 Å². The Kier molecular flexibility index (Phi) is 5.43. The maximum Gasteiger partial charge on any atom is 0.253 e. The summed E-state index contributed by atoms with van der Waals surface area (Å²) < 4.78 is 10.6. The predicted molar refractivity (Wildman–Crippen MR) is 97.7 cm³/mol. The summed E-state index contributed by atoms with van der Waals surface area (Å²) in [6.45, 7) is 4.60. The Labute approximate surface area is 151 Å². The van der Waals surface area contributed by atoms with Gasteiger partial charge in [0, 0.05) is 24.7 Å². The Bertz CT molecular complexity index is 856. The first kappa shape index (κ1) is 17.4. The number of ether oxygens (including phenoxy) is 1. The van der Waals surface area contributed by atoms with Gasteiger partial charge in [-0.3, -0.25) is 4.79 Å². The molecule has 1 amide bonds. The first-order valence-corrected chi connectivity index (χ1v) is 8.12. The molecule has 2 aromatic carbocycles. The number of hydrogen-bond donors (Lipinski definition) is 0. The Hall–Kier alpha value is -3.41. The summed E-state index contributed by atoms with van der Waals surface area (Å²) in [5.74, 6) is 1.14. The molecule has 6 heteroatoms. The molecule has 6 nitrogen and oxygen atoms in total. The monoisotopic (exact) mass is 349 g/mol. The number of benzene rings is 2. The van der Waals surface area contributed by atoms with Crippen molar-refractivity contribution in [2.24, 2.45) is 0 Å². The summed E-state index contributed by atoms with van der Waals surface area (Å²) in [7, 11) is 1.77. The van der Waals surface area contributed by atoms with Gasteiger partial charge < -0.3 is 14.1 Å². The van der Waals surface area contributed by atoms with Crippen LogP contribution in [-0.2, 0) is 6.54 Å². The van der Waals surface area contributed by atoms with E-state index in [1.807, 2.05) is 24.3 Å². The molecule has 0 saturated carbocycles. The molecular weight excluding hydrogens is 330 g/mol. The molecule has 0 aliphatic rings. The van der Waals surface area contributed by atoms with Crippen LogP contribution in [0.4, 0.5) is 0 Å². The van der Waals surface area contributed by atoms with Crippen molar-refractivity contribution in [2.45, 2.75) is 6.54 Å². The molecule has 0 N–H and O–H groups in total. The van der Waals surface area contributed by atoms with Gasteiger partial charge in [-0.2, -0.15) is 0 Å². The molecule has 26 heavy (non-hydrogen) atoms. The standard InChI is InChI=1S/C20H19N3O3/c1-3-12-25-18-10-4-15(5-11-18)13-23(2)20(24)17-8-6-16(7-9-17)19-22-21-14-26-19/h3-11,14H,1,12-13H2,2H3. The van der Waals surface area contributed by atoms with Gasteiger partial charge in [-0.15, -0.1) is 10.2 Å². The fraction of sp³-hybridized carbons (Fsp3) is 0.150. The summed E-state index contributed by atoms with van der Waals surface area (Å²) in [6, 6.07) is 14.8. The zero-order valence-electron chi connectivity index (χ0n) is 14.5. The predicted octanol–water partition coefficient (Wildman–Crippen LogP) is 3.57. The number of hydrogen-bond acceptors (Lipinski definition) is 5. The molecule has 0 bridgehead atoms. The third-order valence-corrected chi connectivity index (χ3v) is 3.80. The van der Waals surface area contributed by atoms with Crippen molar-refractivity contribution in [1.82, 2.24) is 15.1 Å². The van der Waals surface area contributed by atoms with E-state index in [1.54, 1.807) is 42.3 Å². The number of rotatable bonds is 7. The van der Waals surface area contributed by atoms with E-state index in [0.717, 1.165) is 16.9 Å². The van der Waals surface area contributed by atoms with Crippen LogP contribution in [0.15, 0.2) is 72.0 Å². The van der Waals surface area contributed by atoms with Crippen molar-refractivity contribution >= 4 is 5.91 Å². The fourth-order valence-electron chi connectivity index (χ4n) is 2.47. The molecule has 0 atom stereocenters. The topological polar surface area (TPSA) is 68.5 Å². The van der Waals surface area contributed by atoms with E-state index < -0.39 is 0 Å². The molecule has 0 saturated heterocycles. The maximum atomic E-state index is 12.6. The van der Waals surface area contributed by atoms with E-state index >= 15 is 0 Å². The molecule has 1 heterocycles. The van der Waals surface area contributed by atoms with Crippen LogP contribution in [0.5, 0.6) is 5.75 Å². The Balaban J connectivity index is 1.63. The SMILES string of the molecule is C=CCOc1ccc(CN(C)C(=O)c2ccc(-c3nnco3)cc2)cc1. The first-order valence-electron chi connectivity index (χ1n) is 8.12. The average molecular weight is 349 g/mol. The lowest BCUT2D eigenvalue weighted by atomic mass is 10.1. The van der Waals surface area contributed by atoms with Crippen molar-refractivity contribution in [3.05, 3.63) is 78.7 Å². The van der Waals surface area contributed by atoms with Crippen molar-refractivity contribution in [3.63, 3.8) is 0 Å². The van der Waals surface area contributed by atoms with Gasteiger partial charge in [0.1, 0.15) is 12.4 Å². The summed E-state index contributed by atoms with van der Waals surface area (Å²) in [5.41, 5.74) is 2.40. The summed E-state index contributed by atoms with van der Waals surface area (Å²) in [4.78, 5) is 14.3. The minimum absolute atomic E-state index is 0.0611. The van der Waals surface area contributed by atoms with Gasteiger partial charge in [-0.1, -0.05) is 24.8 Å². The van der Waals surface area contributed by atoms with Crippen molar-refractivity contribution in [2.75, 3.05) is 13.7 Å². The van der Waals surface area contributed by atoms with Crippen molar-refractivity contribution in [3.8, 4) is 17.2 Å². The van der Waals surface area contributed by atoms with E-state index in [4.69, 9.17) is 9.15 Å². The van der Waals surface area contributed by atoms with Crippen LogP contribution < -0.4 is 4.74 Å². The molecule has 1 aromatic heterocycles. The normalized spacial score (nSPS) is 10.3. The van der Waals surface area contributed by atoms with Gasteiger partial charge >= 0.3 is 0 Å². The van der Waals surface area contributed by atoms with E-state index in [-0.39, 0.29) is 5.91 Å². The minimum atomic E-state index is -0.0611. The van der Waals surface area contributed by atoms with E-state index in [2.05, 4.69) is 16.8 Å². The Morgan fingerprint density at radius 3 is 2.54 bits per heavy atom. The van der Waals surface area contributed by atoms with Gasteiger partial charge in [0.25, 0.3) is 5.91 Å². The van der Waals surface area contributed by atoms with Crippen molar-refractivity contribution < 1.29 is 13.9 Å². The molecule has 132 valence electrons. The first-order chi connectivity index (χ1) is 12.7. The van der Waals surface area contributed by atoms with Gasteiger partial charge in [-0.25, -0.2) is 0 Å². The molecule has 0 spiro atoms. The zero-order valence-corrected chi connectivity index (χ0v) is 14.5. The Morgan fingerprint density at radius 2 is 1.92 bits per heavy atom. The summed E-state index contributed by atoms with van der Waals surface area (Å²) in [6.07, 6.45) is 2.97. The second-order valence-corrected chi connectivity index (χ2v) is 5.73. The zero-order chi connectivity index (χ0) is 18.4. The summed E-state index contributed by atoms with van der Waals surface area (Å²) in [5, 5.41) is 7.50. The molecular formula is C20H19N3O3. The van der Waals surface area contributed by atoms with Gasteiger partial charge in [0.2, 0.25) is 12.3 Å². The van der Waals surface area contributed by atoms with Crippen LogP contribution in [0.3, 0.4) is 0 Å². The smallest absolute Gasteiger partial charge is 0.253 e. The lowest BCUT2D eigenvalue weighted by Crippen LogP contribution is -2.26. The highest BCUT2D eigenvalue weighted by Gasteiger charge is 2.13. The number of amides is 1. The average Bonchev–Trinajstić information content (AvgIpc) is 3.22. The highest BCUT2D eigenvalue weighted by Crippen LogP contribution is 2.18. The molecule has 0 radical (unpaired) electrons. The quantitative estimate of drug-likeness (QED) is 0.610. The van der Waals surface area contributed by atoms with Crippen LogP contribution in [0.1, 0.15) is 15.9 Å². The molecule has 0 aliphatic carbocycles. The lowest BCUT2D eigenvalue weighted by Gasteiger charge is -2.17. The molecule has 0 unspecified atom stereocenters. The van der Waals surface area contributed by atoms with Crippen LogP contribution in [0.2, 0.25) is 0 Å². The Morgan fingerprint density at radius 1 is 1.19 bits per heavy atom. The molecule has 0 fully saturated rings. The van der Waals surface area contributed by atoms with E-state index in [1.165, 1.54) is 6.39 Å². The van der Waals surface area contributed by atoms with Crippen LogP contribution in [0.25, 0.3) is 11.5 Å². The third-order valence-electron chi connectivity index (χ3n) is 3.80. The maximum absolute atomic E-state index is 12.6. The number of nitrogens with zero attached hydrogens (tertiary/aromatic N) is 3. The fourth-order valence-corrected chi connectivity index (χ4v) is 2.47. The lowest BCUT2D eigenvalue weighted by molar-refractivity contribution is 0.0785. The largest absolute Gasteiger partial charge is 0.490 e. The second-order valence-electron chi connectivity index (χ2n) is 5.73. The summed E-state index contributed by atoms with van der Waals surface area (Å²) >= 11 is 0. The molecule has 3 aromatic rings. The molecule has 3 rings (SSSR count). The van der Waals surface area contributed by atoms with Gasteiger partial charge in [-0.05, 0) is 42.0 Å². The highest BCUT2D eigenvalue weighted by atomic mass is 16.5. The third kappa shape index (κ3) is 4.16. The van der Waals surface area contributed by atoms with E-state index in [9.17, 15) is 4.79 Å². The number of carbonyl (C=O) groups excluding carboxylic acids is 1. The van der Waals surface area contributed by atoms with Crippen LogP contribution in [0, 0.1) is 0 Å². The molecule has 0 aliphatic heterocycles. The van der Waals surface area contributed by atoms with Crippen LogP contribution >= 0.6 is 0 Å². The minimum Gasteiger partial charge on any atom is -0.490 e. The highest BCUT2D eigenvalue weighted by molar-refractivity contribution is 5.94. The number of carbonyl (C=O) groups is 1.